The number of anilines is 1. The zero-order valence-corrected chi connectivity index (χ0v) is 15.4. The van der Waals surface area contributed by atoms with Crippen LogP contribution in [0.5, 0.6) is 11.5 Å². The molecule has 118 valence electrons. The highest BCUT2D eigenvalue weighted by molar-refractivity contribution is 14.1. The van der Waals surface area contributed by atoms with E-state index in [1.165, 1.54) is 11.1 Å². The Morgan fingerprint density at radius 1 is 1.05 bits per heavy atom. The van der Waals surface area contributed by atoms with Gasteiger partial charge in [-0.05, 0) is 71.3 Å². The zero-order valence-electron chi connectivity index (χ0n) is 13.3. The van der Waals surface area contributed by atoms with Gasteiger partial charge in [-0.1, -0.05) is 19.1 Å². The minimum atomic E-state index is 0.627. The van der Waals surface area contributed by atoms with Crippen LogP contribution >= 0.6 is 22.6 Å². The molecule has 2 aromatic rings. The smallest absolute Gasteiger partial charge is 0.174 e. The summed E-state index contributed by atoms with van der Waals surface area (Å²) in [7, 11) is 1.67. The third-order valence-corrected chi connectivity index (χ3v) is 4.23. The van der Waals surface area contributed by atoms with Gasteiger partial charge in [0.1, 0.15) is 0 Å². The summed E-state index contributed by atoms with van der Waals surface area (Å²) in [6.45, 7) is 5.52. The molecule has 0 fully saturated rings. The van der Waals surface area contributed by atoms with E-state index in [9.17, 15) is 0 Å². The molecule has 0 atom stereocenters. The van der Waals surface area contributed by atoms with E-state index in [0.29, 0.717) is 6.61 Å². The maximum Gasteiger partial charge on any atom is 0.174 e. The van der Waals surface area contributed by atoms with Crippen LogP contribution in [0.2, 0.25) is 0 Å². The van der Waals surface area contributed by atoms with Crippen LogP contribution in [0.25, 0.3) is 0 Å². The van der Waals surface area contributed by atoms with Crippen LogP contribution in [0.15, 0.2) is 36.4 Å². The summed E-state index contributed by atoms with van der Waals surface area (Å²) in [5.74, 6) is 1.61. The lowest BCUT2D eigenvalue weighted by molar-refractivity contribution is 0.309. The van der Waals surface area contributed by atoms with Crippen LogP contribution in [0.4, 0.5) is 5.69 Å². The molecule has 0 saturated heterocycles. The molecule has 0 amide bonds. The van der Waals surface area contributed by atoms with Crippen molar-refractivity contribution in [2.75, 3.05) is 19.0 Å². The van der Waals surface area contributed by atoms with Crippen LogP contribution in [0.1, 0.15) is 25.0 Å². The van der Waals surface area contributed by atoms with Crippen molar-refractivity contribution in [1.29, 1.82) is 0 Å². The molecule has 0 saturated carbocycles. The summed E-state index contributed by atoms with van der Waals surface area (Å²) in [6, 6.07) is 12.7. The van der Waals surface area contributed by atoms with Crippen molar-refractivity contribution >= 4 is 28.3 Å². The van der Waals surface area contributed by atoms with Gasteiger partial charge in [0.15, 0.2) is 11.5 Å². The van der Waals surface area contributed by atoms with Crippen LogP contribution in [0.3, 0.4) is 0 Å². The first-order chi connectivity index (χ1) is 10.7. The minimum absolute atomic E-state index is 0.627. The predicted octanol–water partition coefficient (Wildman–Crippen LogP) is 4.87. The second-order valence-corrected chi connectivity index (χ2v) is 6.11. The Hall–Kier alpha value is -1.43. The lowest BCUT2D eigenvalue weighted by atomic mass is 10.1. The molecule has 0 aromatic heterocycles. The number of methoxy groups -OCH3 is 1. The van der Waals surface area contributed by atoms with Crippen molar-refractivity contribution < 1.29 is 9.47 Å². The average molecular weight is 411 g/mol. The summed E-state index contributed by atoms with van der Waals surface area (Å²) in [6.07, 6.45) is 1.06. The van der Waals surface area contributed by atoms with Gasteiger partial charge in [0.2, 0.25) is 0 Å². The van der Waals surface area contributed by atoms with E-state index in [1.54, 1.807) is 7.11 Å². The van der Waals surface area contributed by atoms with Gasteiger partial charge in [0.05, 0.1) is 17.3 Å². The van der Waals surface area contributed by atoms with Crippen molar-refractivity contribution in [3.8, 4) is 11.5 Å². The first-order valence-corrected chi connectivity index (χ1v) is 8.57. The molecular weight excluding hydrogens is 389 g/mol. The summed E-state index contributed by atoms with van der Waals surface area (Å²) in [5.41, 5.74) is 3.65. The van der Waals surface area contributed by atoms with Crippen molar-refractivity contribution in [1.82, 2.24) is 0 Å². The number of hydrogen-bond donors (Lipinski definition) is 1. The number of benzene rings is 2. The summed E-state index contributed by atoms with van der Waals surface area (Å²) in [4.78, 5) is 0. The maximum atomic E-state index is 5.67. The Morgan fingerprint density at radius 2 is 1.77 bits per heavy atom. The lowest BCUT2D eigenvalue weighted by Crippen LogP contribution is -2.03. The van der Waals surface area contributed by atoms with Crippen LogP contribution < -0.4 is 14.8 Å². The minimum Gasteiger partial charge on any atom is -0.492 e. The zero-order chi connectivity index (χ0) is 15.9. The van der Waals surface area contributed by atoms with E-state index >= 15 is 0 Å². The molecule has 0 spiro atoms. The van der Waals surface area contributed by atoms with E-state index in [-0.39, 0.29) is 0 Å². The van der Waals surface area contributed by atoms with Gasteiger partial charge >= 0.3 is 0 Å². The average Bonchev–Trinajstić information content (AvgIpc) is 2.53. The fourth-order valence-corrected chi connectivity index (χ4v) is 3.13. The third kappa shape index (κ3) is 4.29. The Labute approximate surface area is 146 Å². The van der Waals surface area contributed by atoms with E-state index in [1.807, 2.05) is 13.0 Å². The summed E-state index contributed by atoms with van der Waals surface area (Å²) >= 11 is 2.28. The van der Waals surface area contributed by atoms with Gasteiger partial charge in [-0.15, -0.1) is 0 Å². The summed E-state index contributed by atoms with van der Waals surface area (Å²) < 4.78 is 12.2. The first kappa shape index (κ1) is 16.9. The van der Waals surface area contributed by atoms with Gasteiger partial charge in [-0.2, -0.15) is 0 Å². The van der Waals surface area contributed by atoms with Gasteiger partial charge in [-0.25, -0.2) is 0 Å². The highest BCUT2D eigenvalue weighted by Crippen LogP contribution is 2.34. The molecule has 3 nitrogen and oxygen atoms in total. The second-order valence-electron chi connectivity index (χ2n) is 4.95. The van der Waals surface area contributed by atoms with Gasteiger partial charge in [0.25, 0.3) is 0 Å². The molecule has 0 heterocycles. The SMILES string of the molecule is CCOc1cc(CNc2ccc(CC)cc2)cc(I)c1OC. The highest BCUT2D eigenvalue weighted by atomic mass is 127. The Morgan fingerprint density at radius 3 is 2.36 bits per heavy atom. The topological polar surface area (TPSA) is 30.5 Å². The van der Waals surface area contributed by atoms with Crippen LogP contribution in [-0.2, 0) is 13.0 Å². The number of ether oxygens (including phenoxy) is 2. The molecule has 0 aliphatic rings. The van der Waals surface area contributed by atoms with Gasteiger partial charge in [-0.3, -0.25) is 0 Å². The first-order valence-electron chi connectivity index (χ1n) is 7.50. The van der Waals surface area contributed by atoms with Crippen molar-refractivity contribution in [2.24, 2.45) is 0 Å². The molecule has 0 aliphatic carbocycles. The maximum absolute atomic E-state index is 5.67. The predicted molar refractivity (Wildman–Crippen MR) is 100 cm³/mol. The van der Waals surface area contributed by atoms with Gasteiger partial charge < -0.3 is 14.8 Å². The molecule has 4 heteroatoms. The van der Waals surface area contributed by atoms with E-state index in [4.69, 9.17) is 9.47 Å². The largest absolute Gasteiger partial charge is 0.492 e. The lowest BCUT2D eigenvalue weighted by Gasteiger charge is -2.14. The van der Waals surface area contributed by atoms with E-state index in [0.717, 1.165) is 33.7 Å². The van der Waals surface area contributed by atoms with Crippen LogP contribution in [0, 0.1) is 3.57 Å². The Balaban J connectivity index is 2.11. The van der Waals surface area contributed by atoms with Crippen molar-refractivity contribution in [2.45, 2.75) is 26.8 Å². The molecule has 1 N–H and O–H groups in total. The Bertz CT molecular complexity index is 611. The molecule has 0 radical (unpaired) electrons. The third-order valence-electron chi connectivity index (χ3n) is 3.43. The molecule has 2 rings (SSSR count). The highest BCUT2D eigenvalue weighted by Gasteiger charge is 2.11. The van der Waals surface area contributed by atoms with Gasteiger partial charge in [0, 0.05) is 12.2 Å². The second kappa shape index (κ2) is 8.27. The van der Waals surface area contributed by atoms with E-state index < -0.39 is 0 Å². The quantitative estimate of drug-likeness (QED) is 0.660. The molecular formula is C18H22INO2. The fraction of sp³-hybridized carbons (Fsp3) is 0.333. The standard InChI is InChI=1S/C18H22INO2/c1-4-13-6-8-15(9-7-13)20-12-14-10-16(19)18(21-3)17(11-14)22-5-2/h6-11,20H,4-5,12H2,1-3H3. The molecule has 0 aliphatic heterocycles. The summed E-state index contributed by atoms with van der Waals surface area (Å²) in [5, 5.41) is 3.45. The Kier molecular flexibility index (Phi) is 6.36. The molecule has 0 bridgehead atoms. The van der Waals surface area contributed by atoms with Crippen LogP contribution in [-0.4, -0.2) is 13.7 Å². The molecule has 22 heavy (non-hydrogen) atoms. The van der Waals surface area contributed by atoms with E-state index in [2.05, 4.69) is 65.2 Å². The monoisotopic (exact) mass is 411 g/mol. The van der Waals surface area contributed by atoms with Crippen molar-refractivity contribution in [3.05, 3.63) is 51.1 Å². The normalized spacial score (nSPS) is 10.4. The number of hydrogen-bond acceptors (Lipinski definition) is 3. The number of nitrogens with one attached hydrogen (secondary N) is 1. The molecule has 0 unspecified atom stereocenters. The number of aryl methyl sites for hydroxylation is 1. The molecule has 2 aromatic carbocycles. The van der Waals surface area contributed by atoms with Crippen molar-refractivity contribution in [3.63, 3.8) is 0 Å². The number of halogens is 1. The number of rotatable bonds is 7. The fourth-order valence-electron chi connectivity index (χ4n) is 2.25.